The minimum atomic E-state index is 0.436. The van der Waals surface area contributed by atoms with Crippen molar-refractivity contribution in [3.63, 3.8) is 0 Å². The second kappa shape index (κ2) is 5.63. The van der Waals surface area contributed by atoms with Crippen molar-refractivity contribution < 1.29 is 9.47 Å². The molecule has 0 unspecified atom stereocenters. The van der Waals surface area contributed by atoms with Gasteiger partial charge in [-0.25, -0.2) is 0 Å². The quantitative estimate of drug-likeness (QED) is 0.876. The molecule has 0 bridgehead atoms. The second-order valence-corrected chi connectivity index (χ2v) is 4.67. The standard InChI is InChI=1S/C14H11BrN2O2/c1-18-11-4-5-12(17)14(7-11)19-13-6-10(15)3-2-9(13)8-16/h2-7H,17H2,1H3. The van der Waals surface area contributed by atoms with E-state index in [2.05, 4.69) is 22.0 Å². The molecule has 0 radical (unpaired) electrons. The highest BCUT2D eigenvalue weighted by Gasteiger charge is 2.09. The molecule has 0 saturated carbocycles. The number of nitrogens with zero attached hydrogens (tertiary/aromatic N) is 1. The molecule has 2 aromatic rings. The number of benzene rings is 2. The highest BCUT2D eigenvalue weighted by molar-refractivity contribution is 9.10. The zero-order chi connectivity index (χ0) is 13.8. The molecule has 2 rings (SSSR count). The summed E-state index contributed by atoms with van der Waals surface area (Å²) in [5.74, 6) is 1.53. The highest BCUT2D eigenvalue weighted by Crippen LogP contribution is 2.33. The third-order valence-electron chi connectivity index (χ3n) is 2.50. The van der Waals surface area contributed by atoms with Gasteiger partial charge in [0.25, 0.3) is 0 Å². The van der Waals surface area contributed by atoms with E-state index in [4.69, 9.17) is 20.5 Å². The van der Waals surface area contributed by atoms with Gasteiger partial charge in [-0.1, -0.05) is 15.9 Å². The molecule has 2 aromatic carbocycles. The lowest BCUT2D eigenvalue weighted by Gasteiger charge is -2.11. The first-order valence-electron chi connectivity index (χ1n) is 5.45. The molecule has 5 heteroatoms. The molecule has 2 N–H and O–H groups in total. The van der Waals surface area contributed by atoms with Crippen molar-refractivity contribution in [2.24, 2.45) is 0 Å². The van der Waals surface area contributed by atoms with E-state index in [1.54, 1.807) is 43.5 Å². The van der Waals surface area contributed by atoms with Gasteiger partial charge in [-0.3, -0.25) is 0 Å². The van der Waals surface area contributed by atoms with Crippen LogP contribution in [0.4, 0.5) is 5.69 Å². The summed E-state index contributed by atoms with van der Waals surface area (Å²) in [6, 6.07) is 12.4. The van der Waals surface area contributed by atoms with Crippen LogP contribution >= 0.6 is 15.9 Å². The van der Waals surface area contributed by atoms with Crippen molar-refractivity contribution in [1.82, 2.24) is 0 Å². The summed E-state index contributed by atoms with van der Waals surface area (Å²) in [6.07, 6.45) is 0. The van der Waals surface area contributed by atoms with Crippen molar-refractivity contribution in [2.45, 2.75) is 0 Å². The number of methoxy groups -OCH3 is 1. The van der Waals surface area contributed by atoms with E-state index in [-0.39, 0.29) is 0 Å². The summed E-state index contributed by atoms with van der Waals surface area (Å²) in [4.78, 5) is 0. The molecule has 0 amide bonds. The van der Waals surface area contributed by atoms with E-state index in [1.807, 2.05) is 0 Å². The second-order valence-electron chi connectivity index (χ2n) is 3.76. The van der Waals surface area contributed by atoms with Crippen LogP contribution in [0.3, 0.4) is 0 Å². The fraction of sp³-hybridized carbons (Fsp3) is 0.0714. The number of halogens is 1. The number of hydrogen-bond acceptors (Lipinski definition) is 4. The van der Waals surface area contributed by atoms with E-state index in [9.17, 15) is 0 Å². The molecule has 0 spiro atoms. The fourth-order valence-corrected chi connectivity index (χ4v) is 1.86. The Hall–Kier alpha value is -2.19. The van der Waals surface area contributed by atoms with Gasteiger partial charge in [-0.2, -0.15) is 5.26 Å². The van der Waals surface area contributed by atoms with Gasteiger partial charge < -0.3 is 15.2 Å². The maximum atomic E-state index is 9.06. The van der Waals surface area contributed by atoms with Crippen LogP contribution in [0.1, 0.15) is 5.56 Å². The Balaban J connectivity index is 2.41. The first-order valence-corrected chi connectivity index (χ1v) is 6.24. The van der Waals surface area contributed by atoms with Gasteiger partial charge in [-0.05, 0) is 30.3 Å². The van der Waals surface area contributed by atoms with Crippen LogP contribution in [0.25, 0.3) is 0 Å². The van der Waals surface area contributed by atoms with Crippen LogP contribution < -0.4 is 15.2 Å². The highest BCUT2D eigenvalue weighted by atomic mass is 79.9. The van der Waals surface area contributed by atoms with Crippen molar-refractivity contribution in [1.29, 1.82) is 5.26 Å². The van der Waals surface area contributed by atoms with E-state index < -0.39 is 0 Å². The van der Waals surface area contributed by atoms with E-state index >= 15 is 0 Å². The van der Waals surface area contributed by atoms with Crippen molar-refractivity contribution in [3.8, 4) is 23.3 Å². The fourth-order valence-electron chi connectivity index (χ4n) is 1.52. The lowest BCUT2D eigenvalue weighted by Crippen LogP contribution is -1.95. The number of nitrogens with two attached hydrogens (primary N) is 1. The van der Waals surface area contributed by atoms with Crippen LogP contribution in [0.15, 0.2) is 40.9 Å². The summed E-state index contributed by atoms with van der Waals surface area (Å²) in [6.45, 7) is 0. The summed E-state index contributed by atoms with van der Waals surface area (Å²) >= 11 is 3.34. The number of anilines is 1. The normalized spacial score (nSPS) is 9.74. The topological polar surface area (TPSA) is 68.3 Å². The number of rotatable bonds is 3. The van der Waals surface area contributed by atoms with Crippen LogP contribution in [0.2, 0.25) is 0 Å². The number of nitriles is 1. The van der Waals surface area contributed by atoms with Gasteiger partial charge in [0.05, 0.1) is 18.4 Å². The molecular formula is C14H11BrN2O2. The minimum Gasteiger partial charge on any atom is -0.497 e. The molecule has 0 fully saturated rings. The summed E-state index contributed by atoms with van der Waals surface area (Å²) < 4.78 is 11.6. The molecule has 0 saturated heterocycles. The molecule has 96 valence electrons. The molecule has 0 aliphatic carbocycles. The van der Waals surface area contributed by atoms with E-state index in [0.29, 0.717) is 28.5 Å². The van der Waals surface area contributed by atoms with Gasteiger partial charge in [-0.15, -0.1) is 0 Å². The summed E-state index contributed by atoms with van der Waals surface area (Å²) in [5.41, 5.74) is 6.76. The molecule has 0 heterocycles. The van der Waals surface area contributed by atoms with Gasteiger partial charge >= 0.3 is 0 Å². The van der Waals surface area contributed by atoms with Crippen LogP contribution in [0.5, 0.6) is 17.2 Å². The van der Waals surface area contributed by atoms with E-state index in [0.717, 1.165) is 4.47 Å². The predicted molar refractivity (Wildman–Crippen MR) is 76.3 cm³/mol. The Morgan fingerprint density at radius 3 is 2.63 bits per heavy atom. The van der Waals surface area contributed by atoms with Crippen LogP contribution in [-0.4, -0.2) is 7.11 Å². The van der Waals surface area contributed by atoms with Gasteiger partial charge in [0.1, 0.15) is 17.6 Å². The number of hydrogen-bond donors (Lipinski definition) is 1. The zero-order valence-corrected chi connectivity index (χ0v) is 11.8. The molecule has 4 nitrogen and oxygen atoms in total. The van der Waals surface area contributed by atoms with Gasteiger partial charge in [0, 0.05) is 10.5 Å². The van der Waals surface area contributed by atoms with E-state index in [1.165, 1.54) is 0 Å². The first kappa shape index (κ1) is 13.2. The predicted octanol–water partition coefficient (Wildman–Crippen LogP) is 3.70. The monoisotopic (exact) mass is 318 g/mol. The molecule has 0 aliphatic rings. The van der Waals surface area contributed by atoms with Gasteiger partial charge in [0.2, 0.25) is 0 Å². The zero-order valence-electron chi connectivity index (χ0n) is 10.2. The maximum absolute atomic E-state index is 9.06. The molecule has 0 atom stereocenters. The summed E-state index contributed by atoms with van der Waals surface area (Å²) in [7, 11) is 1.56. The SMILES string of the molecule is COc1ccc(N)c(Oc2cc(Br)ccc2C#N)c1. The van der Waals surface area contributed by atoms with Crippen molar-refractivity contribution in [3.05, 3.63) is 46.4 Å². The first-order chi connectivity index (χ1) is 9.13. The number of nitrogen functional groups attached to an aromatic ring is 1. The average molecular weight is 319 g/mol. The molecule has 0 aromatic heterocycles. The molecule has 0 aliphatic heterocycles. The molecular weight excluding hydrogens is 308 g/mol. The Kier molecular flexibility index (Phi) is 3.93. The lowest BCUT2D eigenvalue weighted by molar-refractivity contribution is 0.409. The van der Waals surface area contributed by atoms with Crippen LogP contribution in [0, 0.1) is 11.3 Å². The average Bonchev–Trinajstić information content (AvgIpc) is 2.41. The largest absolute Gasteiger partial charge is 0.497 e. The Labute approximate surface area is 119 Å². The third-order valence-corrected chi connectivity index (χ3v) is 3.00. The number of ether oxygens (including phenoxy) is 2. The van der Waals surface area contributed by atoms with Gasteiger partial charge in [0.15, 0.2) is 5.75 Å². The van der Waals surface area contributed by atoms with Crippen LogP contribution in [-0.2, 0) is 0 Å². The van der Waals surface area contributed by atoms with Crippen molar-refractivity contribution in [2.75, 3.05) is 12.8 Å². The lowest BCUT2D eigenvalue weighted by atomic mass is 10.2. The van der Waals surface area contributed by atoms with Crippen molar-refractivity contribution >= 4 is 21.6 Å². The maximum Gasteiger partial charge on any atom is 0.154 e. The minimum absolute atomic E-state index is 0.436. The Morgan fingerprint density at radius 2 is 1.95 bits per heavy atom. The third kappa shape index (κ3) is 2.98. The smallest absolute Gasteiger partial charge is 0.154 e. The molecule has 19 heavy (non-hydrogen) atoms. The Bertz CT molecular complexity index is 650. The summed E-state index contributed by atoms with van der Waals surface area (Å²) in [5, 5.41) is 9.06. The Morgan fingerprint density at radius 1 is 1.16 bits per heavy atom.